The molecule has 0 spiro atoms. The highest BCUT2D eigenvalue weighted by atomic mass is 32.1. The third kappa shape index (κ3) is 9.04. The SMILES string of the molecule is CC(N)C(=O)NC(CS)C(=O)NC(Cc1cnc[nH]1)C(=O)NC(CCC(=O)O)C(=O)O. The third-order valence-corrected chi connectivity index (χ3v) is 4.47. The van der Waals surface area contributed by atoms with Crippen LogP contribution in [0.4, 0.5) is 0 Å². The second kappa shape index (κ2) is 12.5. The van der Waals surface area contributed by atoms with Gasteiger partial charge in [-0.2, -0.15) is 12.6 Å². The summed E-state index contributed by atoms with van der Waals surface area (Å²) in [6.45, 7) is 1.43. The Morgan fingerprint density at radius 2 is 1.65 bits per heavy atom. The normalized spacial score (nSPS) is 14.5. The van der Waals surface area contributed by atoms with E-state index in [-0.39, 0.29) is 18.6 Å². The van der Waals surface area contributed by atoms with Crippen molar-refractivity contribution in [3.05, 3.63) is 18.2 Å². The van der Waals surface area contributed by atoms with Crippen molar-refractivity contribution in [2.75, 3.05) is 5.75 Å². The topological polar surface area (TPSA) is 217 Å². The maximum absolute atomic E-state index is 12.7. The van der Waals surface area contributed by atoms with Crippen LogP contribution in [0.3, 0.4) is 0 Å². The van der Waals surface area contributed by atoms with Gasteiger partial charge in [-0.15, -0.1) is 0 Å². The lowest BCUT2D eigenvalue weighted by Gasteiger charge is -2.24. The summed E-state index contributed by atoms with van der Waals surface area (Å²) in [6.07, 6.45) is 1.89. The van der Waals surface area contributed by atoms with E-state index in [2.05, 4.69) is 38.5 Å². The molecule has 8 N–H and O–H groups in total. The van der Waals surface area contributed by atoms with Crippen molar-refractivity contribution in [2.45, 2.75) is 50.4 Å². The van der Waals surface area contributed by atoms with E-state index in [1.807, 2.05) is 0 Å². The summed E-state index contributed by atoms with van der Waals surface area (Å²) < 4.78 is 0. The Morgan fingerprint density at radius 3 is 2.13 bits per heavy atom. The van der Waals surface area contributed by atoms with Gasteiger partial charge in [0.15, 0.2) is 0 Å². The summed E-state index contributed by atoms with van der Waals surface area (Å²) in [5.74, 6) is -4.90. The Labute approximate surface area is 183 Å². The molecule has 0 aromatic carbocycles. The van der Waals surface area contributed by atoms with Crippen molar-refractivity contribution >= 4 is 42.3 Å². The van der Waals surface area contributed by atoms with Gasteiger partial charge in [0.2, 0.25) is 17.7 Å². The first-order valence-electron chi connectivity index (χ1n) is 9.24. The molecule has 1 aromatic heterocycles. The molecule has 1 aromatic rings. The van der Waals surface area contributed by atoms with Crippen LogP contribution in [0.1, 0.15) is 25.5 Å². The molecule has 13 nitrogen and oxygen atoms in total. The fraction of sp³-hybridized carbons (Fsp3) is 0.529. The number of nitrogens with zero attached hydrogens (tertiary/aromatic N) is 1. The number of aliphatic carboxylic acids is 2. The lowest BCUT2D eigenvalue weighted by Crippen LogP contribution is -2.58. The van der Waals surface area contributed by atoms with Crippen LogP contribution in [0.5, 0.6) is 0 Å². The second-order valence-electron chi connectivity index (χ2n) is 6.71. The largest absolute Gasteiger partial charge is 0.481 e. The van der Waals surface area contributed by atoms with E-state index >= 15 is 0 Å². The quantitative estimate of drug-likeness (QED) is 0.148. The molecule has 172 valence electrons. The monoisotopic (exact) mass is 458 g/mol. The number of H-pyrrole nitrogens is 1. The Morgan fingerprint density at radius 1 is 1.06 bits per heavy atom. The van der Waals surface area contributed by atoms with E-state index in [4.69, 9.17) is 10.8 Å². The van der Waals surface area contributed by atoms with Crippen molar-refractivity contribution in [1.82, 2.24) is 25.9 Å². The number of aromatic amines is 1. The summed E-state index contributed by atoms with van der Waals surface area (Å²) in [4.78, 5) is 65.8. The van der Waals surface area contributed by atoms with Gasteiger partial charge in [0.05, 0.1) is 12.4 Å². The molecule has 4 unspecified atom stereocenters. The molecule has 1 heterocycles. The van der Waals surface area contributed by atoms with Gasteiger partial charge in [-0.3, -0.25) is 19.2 Å². The lowest BCUT2D eigenvalue weighted by molar-refractivity contribution is -0.143. The molecule has 0 aliphatic rings. The zero-order valence-electron chi connectivity index (χ0n) is 16.7. The van der Waals surface area contributed by atoms with Gasteiger partial charge >= 0.3 is 11.9 Å². The number of carbonyl (C=O) groups excluding carboxylic acids is 3. The number of carboxylic acids is 2. The van der Waals surface area contributed by atoms with Crippen LogP contribution in [-0.4, -0.2) is 79.8 Å². The average molecular weight is 458 g/mol. The predicted molar refractivity (Wildman–Crippen MR) is 110 cm³/mol. The highest BCUT2D eigenvalue weighted by molar-refractivity contribution is 7.80. The lowest BCUT2D eigenvalue weighted by atomic mass is 10.1. The highest BCUT2D eigenvalue weighted by Gasteiger charge is 2.30. The van der Waals surface area contributed by atoms with E-state index in [0.717, 1.165) is 0 Å². The number of aromatic nitrogens is 2. The number of rotatable bonds is 13. The zero-order chi connectivity index (χ0) is 23.6. The first-order chi connectivity index (χ1) is 14.5. The van der Waals surface area contributed by atoms with Crippen LogP contribution in [0, 0.1) is 0 Å². The molecule has 1 rings (SSSR count). The number of hydrogen-bond acceptors (Lipinski definition) is 8. The molecule has 3 amide bonds. The second-order valence-corrected chi connectivity index (χ2v) is 7.07. The van der Waals surface area contributed by atoms with Crippen molar-refractivity contribution < 1.29 is 34.2 Å². The Balaban J connectivity index is 2.95. The summed E-state index contributed by atoms with van der Waals surface area (Å²) in [5, 5.41) is 25.1. The van der Waals surface area contributed by atoms with Crippen LogP contribution in [0.25, 0.3) is 0 Å². The molecular formula is C17H26N6O7S. The van der Waals surface area contributed by atoms with Crippen molar-refractivity contribution in [3.63, 3.8) is 0 Å². The molecule has 14 heteroatoms. The first-order valence-corrected chi connectivity index (χ1v) is 9.87. The Kier molecular flexibility index (Phi) is 10.5. The summed E-state index contributed by atoms with van der Waals surface area (Å²) in [6, 6.07) is -4.68. The van der Waals surface area contributed by atoms with E-state index < -0.39 is 60.2 Å². The average Bonchev–Trinajstić information content (AvgIpc) is 3.20. The molecule has 31 heavy (non-hydrogen) atoms. The molecule has 0 bridgehead atoms. The van der Waals surface area contributed by atoms with E-state index in [0.29, 0.717) is 5.69 Å². The van der Waals surface area contributed by atoms with Crippen molar-refractivity contribution in [2.24, 2.45) is 5.73 Å². The van der Waals surface area contributed by atoms with Crippen LogP contribution in [-0.2, 0) is 30.4 Å². The van der Waals surface area contributed by atoms with Crippen molar-refractivity contribution in [3.8, 4) is 0 Å². The Hall–Kier alpha value is -3.13. The van der Waals surface area contributed by atoms with Crippen molar-refractivity contribution in [1.29, 1.82) is 0 Å². The van der Waals surface area contributed by atoms with E-state index in [9.17, 15) is 29.1 Å². The predicted octanol–water partition coefficient (Wildman–Crippen LogP) is -2.37. The first kappa shape index (κ1) is 25.9. The third-order valence-electron chi connectivity index (χ3n) is 4.10. The van der Waals surface area contributed by atoms with E-state index in [1.54, 1.807) is 0 Å². The van der Waals surface area contributed by atoms with Gasteiger partial charge in [-0.25, -0.2) is 9.78 Å². The number of carbonyl (C=O) groups is 5. The summed E-state index contributed by atoms with van der Waals surface area (Å²) in [7, 11) is 0. The van der Waals surface area contributed by atoms with Crippen LogP contribution < -0.4 is 21.7 Å². The summed E-state index contributed by atoms with van der Waals surface area (Å²) in [5.41, 5.74) is 5.94. The van der Waals surface area contributed by atoms with Gasteiger partial charge in [-0.05, 0) is 13.3 Å². The maximum Gasteiger partial charge on any atom is 0.326 e. The molecule has 4 atom stereocenters. The number of hydrogen-bond donors (Lipinski definition) is 8. The molecule has 0 radical (unpaired) electrons. The van der Waals surface area contributed by atoms with Crippen LogP contribution in [0.15, 0.2) is 12.5 Å². The fourth-order valence-electron chi connectivity index (χ4n) is 2.39. The summed E-state index contributed by atoms with van der Waals surface area (Å²) >= 11 is 4.02. The number of nitrogens with two attached hydrogens (primary N) is 1. The molecular weight excluding hydrogens is 432 g/mol. The minimum Gasteiger partial charge on any atom is -0.481 e. The number of carboxylic acid groups (broad SMARTS) is 2. The smallest absolute Gasteiger partial charge is 0.326 e. The molecule has 0 aliphatic carbocycles. The minimum atomic E-state index is -1.47. The molecule has 0 saturated carbocycles. The number of amides is 3. The number of thiol groups is 1. The Bertz CT molecular complexity index is 786. The highest BCUT2D eigenvalue weighted by Crippen LogP contribution is 2.04. The van der Waals surface area contributed by atoms with Gasteiger partial charge < -0.3 is 36.9 Å². The van der Waals surface area contributed by atoms with Gasteiger partial charge in [0, 0.05) is 30.5 Å². The molecule has 0 aliphatic heterocycles. The minimum absolute atomic E-state index is 0.0661. The zero-order valence-corrected chi connectivity index (χ0v) is 17.6. The standard InChI is InChI=1S/C17H26N6O7S/c1-8(18)14(26)23-12(6-31)16(28)22-11(4-9-5-19-7-20-9)15(27)21-10(17(29)30)2-3-13(24)25/h5,7-8,10-12,31H,2-4,6,18H2,1H3,(H,19,20)(H,21,27)(H,22,28)(H,23,26)(H,24,25)(H,29,30). The maximum atomic E-state index is 12.7. The van der Waals surface area contributed by atoms with Crippen LogP contribution >= 0.6 is 12.6 Å². The van der Waals surface area contributed by atoms with E-state index in [1.165, 1.54) is 19.4 Å². The van der Waals surface area contributed by atoms with Crippen LogP contribution in [0.2, 0.25) is 0 Å². The molecule has 0 saturated heterocycles. The van der Waals surface area contributed by atoms with Gasteiger partial charge in [-0.1, -0.05) is 0 Å². The van der Waals surface area contributed by atoms with Gasteiger partial charge in [0.25, 0.3) is 0 Å². The number of imidazole rings is 1. The van der Waals surface area contributed by atoms with Gasteiger partial charge in [0.1, 0.15) is 18.1 Å². The number of nitrogens with one attached hydrogen (secondary N) is 4. The molecule has 0 fully saturated rings. The fourth-order valence-corrected chi connectivity index (χ4v) is 2.65.